The Morgan fingerprint density at radius 1 is 1.64 bits per heavy atom. The second kappa shape index (κ2) is 2.29. The van der Waals surface area contributed by atoms with E-state index in [2.05, 4.69) is 32.4 Å². The summed E-state index contributed by atoms with van der Waals surface area (Å²) in [5, 5.41) is 3.01. The SMILES string of the molecule is CC1=[C+]Nc2cc(Br)cnc21. The van der Waals surface area contributed by atoms with E-state index >= 15 is 0 Å². The highest BCUT2D eigenvalue weighted by Gasteiger charge is 2.24. The molecule has 54 valence electrons. The summed E-state index contributed by atoms with van der Waals surface area (Å²) in [6.07, 6.45) is 4.78. The number of halogens is 1. The highest BCUT2D eigenvalue weighted by atomic mass is 79.9. The van der Waals surface area contributed by atoms with Crippen LogP contribution in [0.15, 0.2) is 16.7 Å². The van der Waals surface area contributed by atoms with Crippen molar-refractivity contribution in [3.63, 3.8) is 0 Å². The molecule has 0 radical (unpaired) electrons. The Hall–Kier alpha value is -0.920. The maximum atomic E-state index is 4.23. The molecular weight excluding hydrogens is 204 g/mol. The third kappa shape index (κ3) is 1.02. The Bertz CT molecular complexity index is 331. The van der Waals surface area contributed by atoms with Gasteiger partial charge in [-0.15, -0.1) is 0 Å². The summed E-state index contributed by atoms with van der Waals surface area (Å²) in [6, 6.07) is 1.99. The molecule has 2 nitrogen and oxygen atoms in total. The van der Waals surface area contributed by atoms with Gasteiger partial charge in [-0.3, -0.25) is 0 Å². The van der Waals surface area contributed by atoms with Gasteiger partial charge in [-0.05, 0) is 22.9 Å². The number of allylic oxidation sites excluding steroid dienone is 1. The number of pyridine rings is 1. The molecule has 0 aliphatic carbocycles. The Balaban J connectivity index is 2.58. The summed E-state index contributed by atoms with van der Waals surface area (Å²) < 4.78 is 0.986. The smallest absolute Gasteiger partial charge is 0.195 e. The predicted molar refractivity (Wildman–Crippen MR) is 47.9 cm³/mol. The number of rotatable bonds is 0. The Morgan fingerprint density at radius 3 is 3.27 bits per heavy atom. The summed E-state index contributed by atoms with van der Waals surface area (Å²) >= 11 is 3.35. The minimum absolute atomic E-state index is 0.986. The Kier molecular flexibility index (Phi) is 1.41. The maximum Gasteiger partial charge on any atom is 0.246 e. The van der Waals surface area contributed by atoms with Crippen LogP contribution in [0.5, 0.6) is 0 Å². The lowest BCUT2D eigenvalue weighted by Gasteiger charge is -1.88. The van der Waals surface area contributed by atoms with Gasteiger partial charge < -0.3 is 0 Å². The number of hydrogen-bond donors (Lipinski definition) is 1. The van der Waals surface area contributed by atoms with Crippen LogP contribution < -0.4 is 5.32 Å². The van der Waals surface area contributed by atoms with Gasteiger partial charge in [0, 0.05) is 0 Å². The summed E-state index contributed by atoms with van der Waals surface area (Å²) in [5.41, 5.74) is 3.08. The molecule has 0 saturated carbocycles. The fraction of sp³-hybridized carbons (Fsp3) is 0.125. The molecule has 0 aromatic carbocycles. The van der Waals surface area contributed by atoms with Crippen molar-refractivity contribution < 1.29 is 0 Å². The van der Waals surface area contributed by atoms with Gasteiger partial charge in [-0.1, -0.05) is 0 Å². The molecule has 1 N–H and O–H groups in total. The van der Waals surface area contributed by atoms with E-state index in [-0.39, 0.29) is 0 Å². The molecule has 2 rings (SSSR count). The van der Waals surface area contributed by atoms with Gasteiger partial charge in [-0.25, -0.2) is 0 Å². The van der Waals surface area contributed by atoms with Gasteiger partial charge in [0.05, 0.1) is 16.7 Å². The van der Waals surface area contributed by atoms with Gasteiger partial charge in [0.25, 0.3) is 0 Å². The Morgan fingerprint density at radius 2 is 2.45 bits per heavy atom. The number of hydrogen-bond acceptors (Lipinski definition) is 2. The molecule has 2 heterocycles. The maximum absolute atomic E-state index is 4.23. The number of nitrogens with zero attached hydrogens (tertiary/aromatic N) is 1. The minimum atomic E-state index is 0.986. The van der Waals surface area contributed by atoms with E-state index in [1.807, 2.05) is 13.0 Å². The molecule has 0 atom stereocenters. The quantitative estimate of drug-likeness (QED) is 0.665. The van der Waals surface area contributed by atoms with Crippen molar-refractivity contribution in [2.24, 2.45) is 0 Å². The van der Waals surface area contributed by atoms with Crippen molar-refractivity contribution in [1.82, 2.24) is 4.98 Å². The van der Waals surface area contributed by atoms with Crippen molar-refractivity contribution >= 4 is 27.2 Å². The molecule has 0 amide bonds. The van der Waals surface area contributed by atoms with Crippen molar-refractivity contribution in [3.05, 3.63) is 28.6 Å². The lowest BCUT2D eigenvalue weighted by atomic mass is 10.2. The number of aromatic nitrogens is 1. The summed E-state index contributed by atoms with van der Waals surface area (Å²) in [5.74, 6) is 0. The average Bonchev–Trinajstić information content (AvgIpc) is 2.32. The zero-order valence-corrected chi connectivity index (χ0v) is 7.57. The third-order valence-corrected chi connectivity index (χ3v) is 2.03. The molecule has 3 heteroatoms. The standard InChI is InChI=1S/C8H6BrN2/c1-5-3-10-7-2-6(9)4-11-8(5)7/h2,4,10H,1H3/q+1. The van der Waals surface area contributed by atoms with Crippen LogP contribution >= 0.6 is 15.9 Å². The molecule has 0 bridgehead atoms. The lowest BCUT2D eigenvalue weighted by Crippen LogP contribution is -1.86. The topological polar surface area (TPSA) is 24.9 Å². The van der Waals surface area contributed by atoms with Crippen molar-refractivity contribution in [2.45, 2.75) is 6.92 Å². The number of anilines is 1. The molecule has 0 spiro atoms. The fourth-order valence-corrected chi connectivity index (χ4v) is 1.38. The zero-order valence-electron chi connectivity index (χ0n) is 5.98. The monoisotopic (exact) mass is 209 g/mol. The predicted octanol–water partition coefficient (Wildman–Crippen LogP) is 2.43. The van der Waals surface area contributed by atoms with Gasteiger partial charge >= 0.3 is 0 Å². The average molecular weight is 210 g/mol. The van der Waals surface area contributed by atoms with Crippen LogP contribution in [0.3, 0.4) is 0 Å². The van der Waals surface area contributed by atoms with E-state index < -0.39 is 0 Å². The van der Waals surface area contributed by atoms with Crippen molar-refractivity contribution in [1.29, 1.82) is 0 Å². The molecule has 0 saturated heterocycles. The van der Waals surface area contributed by atoms with Crippen molar-refractivity contribution in [3.8, 4) is 0 Å². The summed E-state index contributed by atoms with van der Waals surface area (Å²) in [7, 11) is 0. The second-order valence-electron chi connectivity index (χ2n) is 2.42. The van der Waals surface area contributed by atoms with E-state index in [9.17, 15) is 0 Å². The van der Waals surface area contributed by atoms with Gasteiger partial charge in [0.1, 0.15) is 6.20 Å². The number of nitrogens with one attached hydrogen (secondary N) is 1. The van der Waals surface area contributed by atoms with E-state index in [0.717, 1.165) is 21.4 Å². The largest absolute Gasteiger partial charge is 0.246 e. The summed E-state index contributed by atoms with van der Waals surface area (Å²) in [6.45, 7) is 1.99. The highest BCUT2D eigenvalue weighted by Crippen LogP contribution is 2.28. The lowest BCUT2D eigenvalue weighted by molar-refractivity contribution is 1.27. The van der Waals surface area contributed by atoms with Gasteiger partial charge in [0.2, 0.25) is 11.4 Å². The molecule has 1 aliphatic heterocycles. The van der Waals surface area contributed by atoms with Crippen LogP contribution in [0.25, 0.3) is 5.57 Å². The number of fused-ring (bicyclic) bond motifs is 1. The van der Waals surface area contributed by atoms with E-state index in [4.69, 9.17) is 0 Å². The summed E-state index contributed by atoms with van der Waals surface area (Å²) in [4.78, 5) is 4.23. The van der Waals surface area contributed by atoms with Crippen LogP contribution in [0.1, 0.15) is 12.6 Å². The van der Waals surface area contributed by atoms with Gasteiger partial charge in [-0.2, -0.15) is 10.3 Å². The first-order valence-corrected chi connectivity index (χ1v) is 4.08. The second-order valence-corrected chi connectivity index (χ2v) is 3.34. The van der Waals surface area contributed by atoms with Crippen LogP contribution in [-0.2, 0) is 0 Å². The zero-order chi connectivity index (χ0) is 7.84. The molecule has 1 aromatic heterocycles. The Labute approximate surface area is 73.5 Å². The molecule has 0 fully saturated rings. The van der Waals surface area contributed by atoms with E-state index in [0.29, 0.717) is 0 Å². The van der Waals surface area contributed by atoms with Gasteiger partial charge in [0.15, 0.2) is 5.57 Å². The van der Waals surface area contributed by atoms with E-state index in [1.54, 1.807) is 6.20 Å². The normalized spacial score (nSPS) is 13.1. The van der Waals surface area contributed by atoms with Crippen LogP contribution in [0.2, 0.25) is 0 Å². The minimum Gasteiger partial charge on any atom is -0.195 e. The first-order chi connectivity index (χ1) is 5.27. The molecule has 0 unspecified atom stereocenters. The third-order valence-electron chi connectivity index (χ3n) is 1.59. The van der Waals surface area contributed by atoms with Crippen LogP contribution in [0, 0.1) is 6.20 Å². The van der Waals surface area contributed by atoms with E-state index in [1.165, 1.54) is 0 Å². The molecule has 1 aromatic rings. The molecular formula is C8H6BrN2+. The first-order valence-electron chi connectivity index (χ1n) is 3.29. The van der Waals surface area contributed by atoms with Crippen LogP contribution in [-0.4, -0.2) is 4.98 Å². The van der Waals surface area contributed by atoms with Crippen molar-refractivity contribution in [2.75, 3.05) is 5.32 Å². The fourth-order valence-electron chi connectivity index (χ4n) is 1.05. The first kappa shape index (κ1) is 6.77. The molecule has 1 aliphatic rings. The van der Waals surface area contributed by atoms with Crippen LogP contribution in [0.4, 0.5) is 5.69 Å². The highest BCUT2D eigenvalue weighted by molar-refractivity contribution is 9.10. The molecule has 11 heavy (non-hydrogen) atoms.